The topological polar surface area (TPSA) is 98.1 Å². The van der Waals surface area contributed by atoms with Crippen LogP contribution in [0.2, 0.25) is 0 Å². The third-order valence-electron chi connectivity index (χ3n) is 4.61. The highest BCUT2D eigenvalue weighted by Gasteiger charge is 2.16. The second-order valence-electron chi connectivity index (χ2n) is 6.85. The molecule has 2 heterocycles. The number of amides is 1. The monoisotopic (exact) mass is 439 g/mol. The van der Waals surface area contributed by atoms with Gasteiger partial charge in [-0.25, -0.2) is 9.78 Å². The maximum absolute atomic E-state index is 12.2. The normalized spacial score (nSPS) is 10.5. The van der Waals surface area contributed by atoms with Crippen LogP contribution in [-0.2, 0) is 22.6 Å². The number of nitrogens with zero attached hydrogens (tertiary/aromatic N) is 3. The second-order valence-corrected chi connectivity index (χ2v) is 7.71. The van der Waals surface area contributed by atoms with E-state index in [0.29, 0.717) is 24.8 Å². The molecule has 0 fully saturated rings. The van der Waals surface area contributed by atoms with E-state index < -0.39 is 5.97 Å². The standard InChI is InChI=1S/C22H25N5O3S/c1-4-10-23-22-25-19(14-31-22)21(29)30-13-20(28)24-11-18-15(2)26-27(16(18)3)12-17-8-6-5-7-9-17/h4-9,14H,1,10-13H2,2-3H3,(H,23,25)(H,24,28). The number of hydrogen-bond acceptors (Lipinski definition) is 7. The van der Waals surface area contributed by atoms with E-state index >= 15 is 0 Å². The van der Waals surface area contributed by atoms with Gasteiger partial charge in [0.15, 0.2) is 17.4 Å². The van der Waals surface area contributed by atoms with Gasteiger partial charge in [0, 0.05) is 29.7 Å². The van der Waals surface area contributed by atoms with Crippen molar-refractivity contribution in [2.75, 3.05) is 18.5 Å². The molecular weight excluding hydrogens is 414 g/mol. The fourth-order valence-electron chi connectivity index (χ4n) is 2.95. The van der Waals surface area contributed by atoms with E-state index in [0.717, 1.165) is 22.5 Å². The van der Waals surface area contributed by atoms with Crippen molar-refractivity contribution in [3.8, 4) is 0 Å². The molecule has 0 bridgehead atoms. The van der Waals surface area contributed by atoms with Crippen LogP contribution in [0.15, 0.2) is 48.4 Å². The van der Waals surface area contributed by atoms with Gasteiger partial charge < -0.3 is 15.4 Å². The number of nitrogens with one attached hydrogen (secondary N) is 2. The molecule has 2 aromatic heterocycles. The average molecular weight is 440 g/mol. The number of hydrogen-bond donors (Lipinski definition) is 2. The van der Waals surface area contributed by atoms with Crippen molar-refractivity contribution in [3.05, 3.63) is 76.6 Å². The summed E-state index contributed by atoms with van der Waals surface area (Å²) in [5.74, 6) is -1.02. The van der Waals surface area contributed by atoms with Crippen molar-refractivity contribution in [2.24, 2.45) is 0 Å². The Labute approximate surface area is 185 Å². The van der Waals surface area contributed by atoms with Crippen LogP contribution in [0.5, 0.6) is 0 Å². The summed E-state index contributed by atoms with van der Waals surface area (Å²) in [5.41, 5.74) is 4.11. The number of rotatable bonds is 10. The van der Waals surface area contributed by atoms with Gasteiger partial charge in [0.1, 0.15) is 0 Å². The third-order valence-corrected chi connectivity index (χ3v) is 5.41. The van der Waals surface area contributed by atoms with Crippen LogP contribution < -0.4 is 10.6 Å². The molecule has 0 aliphatic heterocycles. The molecular formula is C22H25N5O3S. The summed E-state index contributed by atoms with van der Waals surface area (Å²) >= 11 is 1.28. The molecule has 0 saturated heterocycles. The molecule has 0 aliphatic rings. The van der Waals surface area contributed by atoms with Crippen molar-refractivity contribution in [2.45, 2.75) is 26.9 Å². The molecule has 9 heteroatoms. The van der Waals surface area contributed by atoms with Crippen molar-refractivity contribution < 1.29 is 14.3 Å². The van der Waals surface area contributed by atoms with Crippen LogP contribution in [0.3, 0.4) is 0 Å². The average Bonchev–Trinajstić information content (AvgIpc) is 3.34. The van der Waals surface area contributed by atoms with Gasteiger partial charge >= 0.3 is 5.97 Å². The second kappa shape index (κ2) is 10.5. The maximum Gasteiger partial charge on any atom is 0.358 e. The highest BCUT2D eigenvalue weighted by atomic mass is 32.1. The predicted octanol–water partition coefficient (Wildman–Crippen LogP) is 3.08. The molecule has 0 atom stereocenters. The van der Waals surface area contributed by atoms with Crippen LogP contribution in [0, 0.1) is 13.8 Å². The minimum atomic E-state index is -0.638. The number of carbonyl (C=O) groups is 2. The first-order chi connectivity index (χ1) is 15.0. The van der Waals surface area contributed by atoms with E-state index in [9.17, 15) is 9.59 Å². The minimum absolute atomic E-state index is 0.165. The van der Waals surface area contributed by atoms with Crippen molar-refractivity contribution in [1.82, 2.24) is 20.1 Å². The summed E-state index contributed by atoms with van der Waals surface area (Å²) in [6.07, 6.45) is 1.69. The highest BCUT2D eigenvalue weighted by Crippen LogP contribution is 2.16. The zero-order valence-corrected chi connectivity index (χ0v) is 18.4. The first kappa shape index (κ1) is 22.2. The van der Waals surface area contributed by atoms with Gasteiger partial charge in [-0.3, -0.25) is 9.48 Å². The number of carbonyl (C=O) groups excluding carboxylic acids is 2. The van der Waals surface area contributed by atoms with E-state index in [1.165, 1.54) is 11.3 Å². The van der Waals surface area contributed by atoms with Gasteiger partial charge in [-0.05, 0) is 19.4 Å². The van der Waals surface area contributed by atoms with E-state index in [1.807, 2.05) is 48.9 Å². The highest BCUT2D eigenvalue weighted by molar-refractivity contribution is 7.13. The van der Waals surface area contributed by atoms with Crippen LogP contribution in [0.4, 0.5) is 5.13 Å². The van der Waals surface area contributed by atoms with Gasteiger partial charge in [-0.2, -0.15) is 5.10 Å². The molecule has 0 spiro atoms. The molecule has 2 N–H and O–H groups in total. The molecule has 31 heavy (non-hydrogen) atoms. The fourth-order valence-corrected chi connectivity index (χ4v) is 3.64. The number of anilines is 1. The van der Waals surface area contributed by atoms with Crippen molar-refractivity contribution >= 4 is 28.3 Å². The molecule has 3 rings (SSSR count). The van der Waals surface area contributed by atoms with Gasteiger partial charge in [0.2, 0.25) is 0 Å². The third kappa shape index (κ3) is 6.02. The molecule has 0 unspecified atom stereocenters. The molecule has 8 nitrogen and oxygen atoms in total. The number of thiazole rings is 1. The van der Waals surface area contributed by atoms with E-state index in [4.69, 9.17) is 4.74 Å². The van der Waals surface area contributed by atoms with Crippen LogP contribution in [0.1, 0.15) is 33.0 Å². The van der Waals surface area contributed by atoms with Gasteiger partial charge in [0.25, 0.3) is 5.91 Å². The molecule has 1 aromatic carbocycles. The predicted molar refractivity (Wildman–Crippen MR) is 120 cm³/mol. The number of ether oxygens (including phenoxy) is 1. The number of esters is 1. The Bertz CT molecular complexity index is 1060. The number of aryl methyl sites for hydroxylation is 1. The van der Waals surface area contributed by atoms with E-state index in [-0.39, 0.29) is 18.2 Å². The molecule has 1 amide bonds. The summed E-state index contributed by atoms with van der Waals surface area (Å²) in [6.45, 7) is 8.65. The number of aromatic nitrogens is 3. The molecule has 3 aromatic rings. The first-order valence-electron chi connectivity index (χ1n) is 9.79. The lowest BCUT2D eigenvalue weighted by Crippen LogP contribution is -2.28. The fraction of sp³-hybridized carbons (Fsp3) is 0.273. The lowest BCUT2D eigenvalue weighted by molar-refractivity contribution is -0.124. The van der Waals surface area contributed by atoms with E-state index in [2.05, 4.69) is 27.3 Å². The number of benzene rings is 1. The summed E-state index contributed by atoms with van der Waals surface area (Å²) in [5, 5.41) is 12.5. The quantitative estimate of drug-likeness (QED) is 0.372. The Balaban J connectivity index is 1.50. The Morgan fingerprint density at radius 2 is 2.03 bits per heavy atom. The molecule has 0 saturated carbocycles. The Kier molecular flexibility index (Phi) is 7.55. The molecule has 0 aliphatic carbocycles. The summed E-state index contributed by atoms with van der Waals surface area (Å²) in [7, 11) is 0. The Morgan fingerprint density at radius 1 is 1.26 bits per heavy atom. The lowest BCUT2D eigenvalue weighted by atomic mass is 10.2. The minimum Gasteiger partial charge on any atom is -0.451 e. The Hall–Kier alpha value is -3.46. The van der Waals surface area contributed by atoms with Gasteiger partial charge in [-0.15, -0.1) is 17.9 Å². The first-order valence-corrected chi connectivity index (χ1v) is 10.7. The summed E-state index contributed by atoms with van der Waals surface area (Å²) < 4.78 is 6.99. The van der Waals surface area contributed by atoms with Crippen molar-refractivity contribution in [3.63, 3.8) is 0 Å². The zero-order chi connectivity index (χ0) is 22.2. The van der Waals surface area contributed by atoms with Gasteiger partial charge in [-0.1, -0.05) is 36.4 Å². The largest absolute Gasteiger partial charge is 0.451 e. The maximum atomic E-state index is 12.2. The van der Waals surface area contributed by atoms with Crippen LogP contribution in [0.25, 0.3) is 0 Å². The van der Waals surface area contributed by atoms with Gasteiger partial charge in [0.05, 0.1) is 12.2 Å². The smallest absolute Gasteiger partial charge is 0.358 e. The van der Waals surface area contributed by atoms with Crippen molar-refractivity contribution in [1.29, 1.82) is 0 Å². The van der Waals surface area contributed by atoms with E-state index in [1.54, 1.807) is 11.5 Å². The SMILES string of the molecule is C=CCNc1nc(C(=O)OCC(=O)NCc2c(C)nn(Cc3ccccc3)c2C)cs1. The lowest BCUT2D eigenvalue weighted by Gasteiger charge is -2.08. The summed E-state index contributed by atoms with van der Waals surface area (Å²) in [4.78, 5) is 28.4. The molecule has 162 valence electrons. The van der Waals surface area contributed by atoms with Crippen LogP contribution in [-0.4, -0.2) is 39.8 Å². The Morgan fingerprint density at radius 3 is 2.77 bits per heavy atom. The summed E-state index contributed by atoms with van der Waals surface area (Å²) in [6, 6.07) is 10.1. The molecule has 0 radical (unpaired) electrons. The zero-order valence-electron chi connectivity index (χ0n) is 17.6. The van der Waals surface area contributed by atoms with Crippen LogP contribution >= 0.6 is 11.3 Å².